The number of amides is 1. The van der Waals surface area contributed by atoms with Gasteiger partial charge in [0.1, 0.15) is 5.69 Å². The molecule has 2 heterocycles. The molecule has 0 unspecified atom stereocenters. The maximum atomic E-state index is 11.7. The predicted molar refractivity (Wildman–Crippen MR) is 68.5 cm³/mol. The summed E-state index contributed by atoms with van der Waals surface area (Å²) in [7, 11) is 0. The Morgan fingerprint density at radius 3 is 2.78 bits per heavy atom. The number of pyridine rings is 1. The molecule has 0 spiro atoms. The molecular weight excluding hydrogens is 230 g/mol. The summed E-state index contributed by atoms with van der Waals surface area (Å²) in [5.74, 6) is -0.223. The van der Waals surface area contributed by atoms with Crippen molar-refractivity contribution in [3.63, 3.8) is 0 Å². The summed E-state index contributed by atoms with van der Waals surface area (Å²) in [5.41, 5.74) is 2.61. The third-order valence-corrected chi connectivity index (χ3v) is 2.76. The van der Waals surface area contributed by atoms with Crippen molar-refractivity contribution < 1.29 is 4.79 Å². The number of hydrogen-bond donors (Lipinski definition) is 3. The molecule has 1 amide bonds. The zero-order valence-electron chi connectivity index (χ0n) is 10.3. The number of carbonyl (C=O) groups is 1. The minimum absolute atomic E-state index is 0.153. The van der Waals surface area contributed by atoms with Gasteiger partial charge in [-0.2, -0.15) is 0 Å². The second-order valence-corrected chi connectivity index (χ2v) is 4.21. The fourth-order valence-corrected chi connectivity index (χ4v) is 1.84. The highest BCUT2D eigenvalue weighted by Crippen LogP contribution is 2.03. The van der Waals surface area contributed by atoms with Crippen LogP contribution in [0.15, 0.2) is 29.2 Å². The fraction of sp³-hybridized carbons (Fsp3) is 0.231. The Hall–Kier alpha value is -2.30. The van der Waals surface area contributed by atoms with E-state index in [1.165, 1.54) is 0 Å². The quantitative estimate of drug-likeness (QED) is 0.761. The molecule has 5 heteroatoms. The maximum Gasteiger partial charge on any atom is 0.267 e. The van der Waals surface area contributed by atoms with Gasteiger partial charge in [0.15, 0.2) is 0 Å². The molecule has 0 radical (unpaired) electrons. The first kappa shape index (κ1) is 12.2. The third-order valence-electron chi connectivity index (χ3n) is 2.76. The van der Waals surface area contributed by atoms with Crippen LogP contribution < -0.4 is 10.9 Å². The Labute approximate surface area is 104 Å². The molecule has 0 saturated carbocycles. The number of rotatable bonds is 3. The molecule has 0 aromatic carbocycles. The number of aromatic nitrogens is 2. The molecule has 0 fully saturated rings. The van der Waals surface area contributed by atoms with Crippen molar-refractivity contribution in [2.24, 2.45) is 0 Å². The molecule has 0 aliphatic carbocycles. The van der Waals surface area contributed by atoms with Crippen molar-refractivity contribution in [3.05, 3.63) is 57.3 Å². The van der Waals surface area contributed by atoms with Gasteiger partial charge in [0.25, 0.3) is 11.5 Å². The lowest BCUT2D eigenvalue weighted by molar-refractivity contribution is 0.0946. The van der Waals surface area contributed by atoms with E-state index in [1.54, 1.807) is 18.3 Å². The second-order valence-electron chi connectivity index (χ2n) is 4.21. The number of aromatic amines is 2. The van der Waals surface area contributed by atoms with Gasteiger partial charge in [-0.3, -0.25) is 9.59 Å². The Morgan fingerprint density at radius 1 is 1.39 bits per heavy atom. The van der Waals surface area contributed by atoms with Crippen molar-refractivity contribution >= 4 is 5.91 Å². The monoisotopic (exact) mass is 245 g/mol. The second kappa shape index (κ2) is 4.91. The summed E-state index contributed by atoms with van der Waals surface area (Å²) in [6, 6.07) is 5.32. The molecule has 18 heavy (non-hydrogen) atoms. The van der Waals surface area contributed by atoms with Crippen LogP contribution in [-0.4, -0.2) is 15.9 Å². The number of H-pyrrole nitrogens is 2. The van der Waals surface area contributed by atoms with Gasteiger partial charge in [0, 0.05) is 24.0 Å². The van der Waals surface area contributed by atoms with Gasteiger partial charge < -0.3 is 15.3 Å². The zero-order chi connectivity index (χ0) is 13.1. The van der Waals surface area contributed by atoms with Gasteiger partial charge in [-0.1, -0.05) is 0 Å². The first-order valence-electron chi connectivity index (χ1n) is 5.69. The van der Waals surface area contributed by atoms with Crippen LogP contribution in [0, 0.1) is 13.8 Å². The van der Waals surface area contributed by atoms with Crippen molar-refractivity contribution in [2.45, 2.75) is 20.4 Å². The summed E-state index contributed by atoms with van der Waals surface area (Å²) in [6.07, 6.45) is 1.68. The number of nitrogens with one attached hydrogen (secondary N) is 3. The van der Waals surface area contributed by atoms with Gasteiger partial charge in [0.05, 0.1) is 0 Å². The van der Waals surface area contributed by atoms with Crippen LogP contribution in [0.5, 0.6) is 0 Å². The molecule has 0 aliphatic rings. The van der Waals surface area contributed by atoms with Gasteiger partial charge in [-0.05, 0) is 37.6 Å². The van der Waals surface area contributed by atoms with Crippen LogP contribution in [0.25, 0.3) is 0 Å². The summed E-state index contributed by atoms with van der Waals surface area (Å²) < 4.78 is 0. The van der Waals surface area contributed by atoms with E-state index in [2.05, 4.69) is 15.3 Å². The summed E-state index contributed by atoms with van der Waals surface area (Å²) >= 11 is 0. The molecule has 0 atom stereocenters. The minimum atomic E-state index is -0.223. The number of aryl methyl sites for hydroxylation is 2. The molecule has 94 valence electrons. The normalized spacial score (nSPS) is 10.3. The van der Waals surface area contributed by atoms with E-state index in [4.69, 9.17) is 0 Å². The zero-order valence-corrected chi connectivity index (χ0v) is 10.3. The van der Waals surface area contributed by atoms with Gasteiger partial charge in [-0.25, -0.2) is 0 Å². The van der Waals surface area contributed by atoms with Gasteiger partial charge in [0.2, 0.25) is 0 Å². The topological polar surface area (TPSA) is 77.8 Å². The van der Waals surface area contributed by atoms with Crippen molar-refractivity contribution in [2.75, 3.05) is 0 Å². The fourth-order valence-electron chi connectivity index (χ4n) is 1.84. The Balaban J connectivity index is 2.12. The van der Waals surface area contributed by atoms with E-state index in [-0.39, 0.29) is 18.0 Å². The highest BCUT2D eigenvalue weighted by atomic mass is 16.2. The third kappa shape index (κ3) is 2.51. The van der Waals surface area contributed by atoms with Crippen LogP contribution in [-0.2, 0) is 6.54 Å². The average molecular weight is 245 g/mol. The van der Waals surface area contributed by atoms with E-state index in [9.17, 15) is 9.59 Å². The van der Waals surface area contributed by atoms with Gasteiger partial charge >= 0.3 is 0 Å². The summed E-state index contributed by atoms with van der Waals surface area (Å²) in [4.78, 5) is 29.0. The minimum Gasteiger partial charge on any atom is -0.357 e. The first-order valence-corrected chi connectivity index (χ1v) is 5.69. The smallest absolute Gasteiger partial charge is 0.267 e. The van der Waals surface area contributed by atoms with E-state index >= 15 is 0 Å². The highest BCUT2D eigenvalue weighted by molar-refractivity contribution is 5.92. The standard InChI is InChI=1S/C13H15N3O2/c1-8-6-9(2)16-12(17)10(8)7-15-13(18)11-4-3-5-14-11/h3-6,14H,7H2,1-2H3,(H,15,18)(H,16,17). The van der Waals surface area contributed by atoms with Crippen LogP contribution in [0.2, 0.25) is 0 Å². The lowest BCUT2D eigenvalue weighted by Gasteiger charge is -2.07. The predicted octanol–water partition coefficient (Wildman–Crippen LogP) is 1.25. The van der Waals surface area contributed by atoms with E-state index in [1.807, 2.05) is 19.9 Å². The highest BCUT2D eigenvalue weighted by Gasteiger charge is 2.09. The van der Waals surface area contributed by atoms with Crippen molar-refractivity contribution in [3.8, 4) is 0 Å². The molecule has 2 rings (SSSR count). The lowest BCUT2D eigenvalue weighted by atomic mass is 10.1. The average Bonchev–Trinajstić information content (AvgIpc) is 2.80. The summed E-state index contributed by atoms with van der Waals surface area (Å²) in [5, 5.41) is 2.71. The molecule has 0 saturated heterocycles. The van der Waals surface area contributed by atoms with E-state index < -0.39 is 0 Å². The van der Waals surface area contributed by atoms with E-state index in [0.717, 1.165) is 11.3 Å². The first-order chi connectivity index (χ1) is 8.58. The molecule has 5 nitrogen and oxygen atoms in total. The molecule has 2 aromatic rings. The van der Waals surface area contributed by atoms with Gasteiger partial charge in [-0.15, -0.1) is 0 Å². The SMILES string of the molecule is Cc1cc(C)c(CNC(=O)c2ccc[nH]2)c(=O)[nH]1. The number of carbonyl (C=O) groups excluding carboxylic acids is 1. The Bertz CT molecular complexity index is 612. The van der Waals surface area contributed by atoms with Crippen LogP contribution in [0.3, 0.4) is 0 Å². The number of hydrogen-bond acceptors (Lipinski definition) is 2. The van der Waals surface area contributed by atoms with Crippen molar-refractivity contribution in [1.29, 1.82) is 0 Å². The van der Waals surface area contributed by atoms with Crippen LogP contribution in [0.1, 0.15) is 27.3 Å². The molecule has 0 aliphatic heterocycles. The Morgan fingerprint density at radius 2 is 2.17 bits per heavy atom. The van der Waals surface area contributed by atoms with Crippen LogP contribution >= 0.6 is 0 Å². The summed E-state index contributed by atoms with van der Waals surface area (Å²) in [6.45, 7) is 3.91. The Kier molecular flexibility index (Phi) is 3.32. The molecule has 0 bridgehead atoms. The molecule has 3 N–H and O–H groups in total. The largest absolute Gasteiger partial charge is 0.357 e. The van der Waals surface area contributed by atoms with Crippen molar-refractivity contribution in [1.82, 2.24) is 15.3 Å². The van der Waals surface area contributed by atoms with Crippen LogP contribution in [0.4, 0.5) is 0 Å². The maximum absolute atomic E-state index is 11.7. The molecular formula is C13H15N3O2. The van der Waals surface area contributed by atoms with E-state index in [0.29, 0.717) is 11.3 Å². The molecule has 2 aromatic heterocycles. The lowest BCUT2D eigenvalue weighted by Crippen LogP contribution is -2.28.